The lowest BCUT2D eigenvalue weighted by Crippen LogP contribution is -2.38. The summed E-state index contributed by atoms with van der Waals surface area (Å²) in [6.45, 7) is 1.90. The molecular weight excluding hydrogens is 294 g/mol. The van der Waals surface area contributed by atoms with Gasteiger partial charge in [0.2, 0.25) is 0 Å². The Hall–Kier alpha value is -1.49. The van der Waals surface area contributed by atoms with Gasteiger partial charge in [-0.1, -0.05) is 23.7 Å². The maximum atomic E-state index is 13.8. The van der Waals surface area contributed by atoms with Crippen molar-refractivity contribution in [1.82, 2.24) is 5.43 Å². The molecule has 0 heterocycles. The summed E-state index contributed by atoms with van der Waals surface area (Å²) >= 11 is 6.02. The van der Waals surface area contributed by atoms with E-state index in [1.54, 1.807) is 18.2 Å². The standard InChI is InChI=1S/C16H17ClF2N2/c1-10-5-6-12(18)7-11(10)8-13(21-20)9-14-15(17)3-2-4-16(14)19/h2-7,13,21H,8-9,20H2,1H3. The number of halogens is 3. The molecule has 0 aliphatic heterocycles. The van der Waals surface area contributed by atoms with Gasteiger partial charge in [-0.15, -0.1) is 0 Å². The molecule has 0 aromatic heterocycles. The summed E-state index contributed by atoms with van der Waals surface area (Å²) < 4.78 is 27.1. The second-order valence-corrected chi connectivity index (χ2v) is 5.45. The normalized spacial score (nSPS) is 12.4. The quantitative estimate of drug-likeness (QED) is 0.655. The molecule has 0 aliphatic carbocycles. The first-order valence-corrected chi connectivity index (χ1v) is 7.03. The van der Waals surface area contributed by atoms with E-state index in [2.05, 4.69) is 5.43 Å². The van der Waals surface area contributed by atoms with E-state index in [4.69, 9.17) is 17.4 Å². The molecule has 0 saturated carbocycles. The molecule has 1 atom stereocenters. The van der Waals surface area contributed by atoms with Gasteiger partial charge in [-0.25, -0.2) is 8.78 Å². The van der Waals surface area contributed by atoms with E-state index in [0.29, 0.717) is 23.4 Å². The van der Waals surface area contributed by atoms with Crippen LogP contribution in [0.25, 0.3) is 0 Å². The van der Waals surface area contributed by atoms with Crippen LogP contribution in [0.2, 0.25) is 5.02 Å². The summed E-state index contributed by atoms with van der Waals surface area (Å²) in [5.74, 6) is 4.89. The monoisotopic (exact) mass is 310 g/mol. The molecule has 21 heavy (non-hydrogen) atoms. The van der Waals surface area contributed by atoms with Gasteiger partial charge in [-0.3, -0.25) is 11.3 Å². The predicted octanol–water partition coefficient (Wildman–Crippen LogP) is 3.54. The van der Waals surface area contributed by atoms with Crippen molar-refractivity contribution in [2.45, 2.75) is 25.8 Å². The van der Waals surface area contributed by atoms with Crippen LogP contribution in [0.5, 0.6) is 0 Å². The Morgan fingerprint density at radius 2 is 1.95 bits per heavy atom. The molecule has 1 unspecified atom stereocenters. The Balaban J connectivity index is 2.19. The third-order valence-corrected chi connectivity index (χ3v) is 3.88. The van der Waals surface area contributed by atoms with Crippen LogP contribution in [0, 0.1) is 18.6 Å². The SMILES string of the molecule is Cc1ccc(F)cc1CC(Cc1c(F)cccc1Cl)NN. The molecule has 112 valence electrons. The minimum absolute atomic E-state index is 0.236. The number of nitrogens with one attached hydrogen (secondary N) is 1. The molecule has 3 N–H and O–H groups in total. The van der Waals surface area contributed by atoms with Crippen molar-refractivity contribution in [3.05, 3.63) is 69.7 Å². The highest BCUT2D eigenvalue weighted by Crippen LogP contribution is 2.22. The smallest absolute Gasteiger partial charge is 0.127 e. The van der Waals surface area contributed by atoms with Crippen LogP contribution in [0.1, 0.15) is 16.7 Å². The van der Waals surface area contributed by atoms with E-state index >= 15 is 0 Å². The van der Waals surface area contributed by atoms with Crippen molar-refractivity contribution in [3.63, 3.8) is 0 Å². The lowest BCUT2D eigenvalue weighted by Gasteiger charge is -2.18. The van der Waals surface area contributed by atoms with Gasteiger partial charge in [0.25, 0.3) is 0 Å². The van der Waals surface area contributed by atoms with Crippen LogP contribution in [0.3, 0.4) is 0 Å². The number of hydrogen-bond acceptors (Lipinski definition) is 2. The highest BCUT2D eigenvalue weighted by molar-refractivity contribution is 6.31. The lowest BCUT2D eigenvalue weighted by molar-refractivity contribution is 0.504. The van der Waals surface area contributed by atoms with Gasteiger partial charge >= 0.3 is 0 Å². The van der Waals surface area contributed by atoms with Crippen LogP contribution < -0.4 is 11.3 Å². The van der Waals surface area contributed by atoms with E-state index in [0.717, 1.165) is 11.1 Å². The minimum atomic E-state index is -0.362. The Morgan fingerprint density at radius 3 is 2.62 bits per heavy atom. The minimum Gasteiger partial charge on any atom is -0.271 e. The number of aryl methyl sites for hydroxylation is 1. The molecule has 2 rings (SSSR count). The first-order chi connectivity index (χ1) is 10.0. The van der Waals surface area contributed by atoms with Crippen molar-refractivity contribution in [2.24, 2.45) is 5.84 Å². The summed E-state index contributed by atoms with van der Waals surface area (Å²) in [5.41, 5.74) is 4.87. The molecule has 0 amide bonds. The van der Waals surface area contributed by atoms with Crippen LogP contribution >= 0.6 is 11.6 Å². The summed E-state index contributed by atoms with van der Waals surface area (Å²) in [6.07, 6.45) is 0.822. The zero-order valence-electron chi connectivity index (χ0n) is 11.7. The van der Waals surface area contributed by atoms with Gasteiger partial charge in [0, 0.05) is 16.6 Å². The van der Waals surface area contributed by atoms with Gasteiger partial charge in [-0.05, 0) is 55.2 Å². The second-order valence-electron chi connectivity index (χ2n) is 5.04. The van der Waals surface area contributed by atoms with Gasteiger partial charge in [0.05, 0.1) is 0 Å². The van der Waals surface area contributed by atoms with Crippen LogP contribution in [0.4, 0.5) is 8.78 Å². The largest absolute Gasteiger partial charge is 0.271 e. The molecule has 0 aliphatic rings. The molecule has 2 aromatic rings. The summed E-state index contributed by atoms with van der Waals surface area (Å²) in [4.78, 5) is 0. The molecule has 5 heteroatoms. The fraction of sp³-hybridized carbons (Fsp3) is 0.250. The highest BCUT2D eigenvalue weighted by atomic mass is 35.5. The van der Waals surface area contributed by atoms with Crippen molar-refractivity contribution in [3.8, 4) is 0 Å². The van der Waals surface area contributed by atoms with Crippen LogP contribution in [0.15, 0.2) is 36.4 Å². The van der Waals surface area contributed by atoms with Crippen molar-refractivity contribution in [2.75, 3.05) is 0 Å². The number of hydrazine groups is 1. The zero-order valence-corrected chi connectivity index (χ0v) is 12.4. The van der Waals surface area contributed by atoms with E-state index < -0.39 is 0 Å². The molecular formula is C16H17ClF2N2. The average molecular weight is 311 g/mol. The van der Waals surface area contributed by atoms with E-state index in [1.165, 1.54) is 18.2 Å². The van der Waals surface area contributed by atoms with Gasteiger partial charge in [0.15, 0.2) is 0 Å². The zero-order chi connectivity index (χ0) is 15.4. The maximum Gasteiger partial charge on any atom is 0.127 e. The topological polar surface area (TPSA) is 38.0 Å². The van der Waals surface area contributed by atoms with E-state index in [9.17, 15) is 8.78 Å². The van der Waals surface area contributed by atoms with E-state index in [-0.39, 0.29) is 17.7 Å². The van der Waals surface area contributed by atoms with Gasteiger partial charge in [-0.2, -0.15) is 0 Å². The third kappa shape index (κ3) is 4.00. The molecule has 0 spiro atoms. The maximum absolute atomic E-state index is 13.8. The van der Waals surface area contributed by atoms with Crippen LogP contribution in [-0.2, 0) is 12.8 Å². The molecule has 2 nitrogen and oxygen atoms in total. The Bertz CT molecular complexity index is 611. The molecule has 0 bridgehead atoms. The summed E-state index contributed by atoms with van der Waals surface area (Å²) in [5, 5.41) is 0.367. The second kappa shape index (κ2) is 6.98. The Morgan fingerprint density at radius 1 is 1.19 bits per heavy atom. The number of benzene rings is 2. The number of nitrogens with two attached hydrogens (primary N) is 1. The average Bonchev–Trinajstić information content (AvgIpc) is 2.45. The molecule has 2 aromatic carbocycles. The molecule has 0 radical (unpaired) electrons. The molecule has 0 saturated heterocycles. The van der Waals surface area contributed by atoms with Crippen molar-refractivity contribution >= 4 is 11.6 Å². The summed E-state index contributed by atoms with van der Waals surface area (Å²) in [6, 6.07) is 8.93. The van der Waals surface area contributed by atoms with Gasteiger partial charge < -0.3 is 0 Å². The van der Waals surface area contributed by atoms with Crippen molar-refractivity contribution < 1.29 is 8.78 Å². The molecule has 0 fully saturated rings. The fourth-order valence-electron chi connectivity index (χ4n) is 2.29. The highest BCUT2D eigenvalue weighted by Gasteiger charge is 2.15. The van der Waals surface area contributed by atoms with Crippen molar-refractivity contribution in [1.29, 1.82) is 0 Å². The van der Waals surface area contributed by atoms with E-state index in [1.807, 2.05) is 6.92 Å². The Labute approximate surface area is 127 Å². The van der Waals surface area contributed by atoms with Crippen LogP contribution in [-0.4, -0.2) is 6.04 Å². The lowest BCUT2D eigenvalue weighted by atomic mass is 9.96. The van der Waals surface area contributed by atoms with Gasteiger partial charge in [0.1, 0.15) is 11.6 Å². The summed E-state index contributed by atoms with van der Waals surface area (Å²) in [7, 11) is 0. The first-order valence-electron chi connectivity index (χ1n) is 6.65. The number of hydrogen-bond donors (Lipinski definition) is 2. The fourth-order valence-corrected chi connectivity index (χ4v) is 2.53. The third-order valence-electron chi connectivity index (χ3n) is 3.53. The Kier molecular flexibility index (Phi) is 5.28. The first kappa shape index (κ1) is 15.9. The predicted molar refractivity (Wildman–Crippen MR) is 81.1 cm³/mol. The number of rotatable bonds is 5.